The number of aromatic nitrogens is 6. The molecular weight excluding hydrogens is 564 g/mol. The van der Waals surface area contributed by atoms with E-state index in [9.17, 15) is 4.39 Å². The largest absolute Gasteiger partial charge is 0.358 e. The fraction of sp³-hybridized carbons (Fsp3) is 0.167. The Morgan fingerprint density at radius 3 is 3.00 bits per heavy atom. The molecule has 0 bridgehead atoms. The Morgan fingerprint density at radius 2 is 2.12 bits per heavy atom. The number of hydrogen-bond acceptors (Lipinski definition) is 6. The number of H-pyrrole nitrogens is 1. The van der Waals surface area contributed by atoms with Gasteiger partial charge in [0.05, 0.1) is 18.0 Å². The molecule has 34 heavy (non-hydrogen) atoms. The molecule has 6 rings (SSSR count). The molecule has 4 heterocycles. The zero-order valence-corrected chi connectivity index (χ0v) is 20.7. The number of aryl methyl sites for hydroxylation is 1. The summed E-state index contributed by atoms with van der Waals surface area (Å²) in [5, 5.41) is 12.3. The number of hydrogen-bond donors (Lipinski definition) is 2. The van der Waals surface area contributed by atoms with Crippen LogP contribution in [0.2, 0.25) is 0 Å². The molecular formula is C24H17FIN7S. The zero-order valence-electron chi connectivity index (χ0n) is 17.7. The first-order valence-electron chi connectivity index (χ1n) is 10.7. The van der Waals surface area contributed by atoms with Crippen molar-refractivity contribution in [2.24, 2.45) is 0 Å². The Balaban J connectivity index is 1.41. The van der Waals surface area contributed by atoms with Crippen molar-refractivity contribution in [1.82, 2.24) is 29.5 Å². The van der Waals surface area contributed by atoms with Crippen LogP contribution in [0.5, 0.6) is 0 Å². The lowest BCUT2D eigenvalue weighted by molar-refractivity contribution is 0.599. The first kappa shape index (κ1) is 21.4. The fourth-order valence-corrected chi connectivity index (χ4v) is 4.95. The molecule has 7 nitrogen and oxygen atoms in total. The maximum absolute atomic E-state index is 13.9. The highest BCUT2D eigenvalue weighted by Gasteiger charge is 2.24. The summed E-state index contributed by atoms with van der Waals surface area (Å²) < 4.78 is 15.6. The van der Waals surface area contributed by atoms with Gasteiger partial charge in [-0.1, -0.05) is 18.2 Å². The molecule has 2 N–H and O–H groups in total. The smallest absolute Gasteiger partial charge is 0.228 e. The Morgan fingerprint density at radius 1 is 1.21 bits per heavy atom. The molecule has 0 saturated carbocycles. The molecule has 0 fully saturated rings. The minimum atomic E-state index is -0.440. The third-order valence-electron chi connectivity index (χ3n) is 5.98. The quantitative estimate of drug-likeness (QED) is 0.226. The topological polar surface area (TPSA) is 83.8 Å². The summed E-state index contributed by atoms with van der Waals surface area (Å²) in [6.45, 7) is 0. The third kappa shape index (κ3) is 3.88. The van der Waals surface area contributed by atoms with Crippen LogP contribution in [0.25, 0.3) is 27.9 Å². The van der Waals surface area contributed by atoms with Crippen molar-refractivity contribution < 1.29 is 4.39 Å². The van der Waals surface area contributed by atoms with E-state index in [0.29, 0.717) is 28.5 Å². The van der Waals surface area contributed by atoms with Crippen LogP contribution in [0.1, 0.15) is 23.2 Å². The van der Waals surface area contributed by atoms with E-state index in [1.54, 1.807) is 16.9 Å². The number of benzene rings is 1. The van der Waals surface area contributed by atoms with Crippen molar-refractivity contribution in [2.45, 2.75) is 25.3 Å². The number of rotatable bonds is 3. The summed E-state index contributed by atoms with van der Waals surface area (Å²) >= 11 is 2.12. The number of pyridine rings is 1. The number of para-hydroxylation sites is 1. The van der Waals surface area contributed by atoms with Crippen molar-refractivity contribution in [3.8, 4) is 22.6 Å². The lowest BCUT2D eigenvalue weighted by Gasteiger charge is -2.24. The maximum Gasteiger partial charge on any atom is 0.228 e. The lowest BCUT2D eigenvalue weighted by Crippen LogP contribution is -2.29. The van der Waals surface area contributed by atoms with Gasteiger partial charge < -0.3 is 10.3 Å². The number of nitrogens with zero attached hydrogens (tertiary/aromatic N) is 5. The zero-order chi connectivity index (χ0) is 23.1. The monoisotopic (exact) mass is 581 g/mol. The van der Waals surface area contributed by atoms with E-state index in [4.69, 9.17) is 4.98 Å². The molecule has 0 saturated heterocycles. The van der Waals surface area contributed by atoms with Crippen LogP contribution < -0.4 is 5.32 Å². The average molecular weight is 581 g/mol. The first-order valence-corrected chi connectivity index (χ1v) is 14.1. The molecule has 1 atom stereocenters. The molecule has 10 heteroatoms. The van der Waals surface area contributed by atoms with Crippen LogP contribution in [0.15, 0.2) is 48.9 Å². The summed E-state index contributed by atoms with van der Waals surface area (Å²) in [6.07, 6.45) is 7.15. The molecule has 1 aliphatic carbocycles. The molecule has 0 spiro atoms. The predicted octanol–water partition coefficient (Wildman–Crippen LogP) is 5.17. The molecule has 168 valence electrons. The van der Waals surface area contributed by atoms with Gasteiger partial charge in [0.1, 0.15) is 5.82 Å². The van der Waals surface area contributed by atoms with E-state index in [-0.39, 0.29) is 6.04 Å². The normalized spacial score (nSPS) is 15.2. The van der Waals surface area contributed by atoms with Gasteiger partial charge in [-0.05, 0) is 57.1 Å². The second-order valence-corrected chi connectivity index (χ2v) is 9.75. The minimum absolute atomic E-state index is 0.159. The molecule has 5 aromatic rings. The molecule has 1 aromatic carbocycles. The van der Waals surface area contributed by atoms with Crippen molar-refractivity contribution in [2.75, 3.05) is 5.32 Å². The summed E-state index contributed by atoms with van der Waals surface area (Å²) in [6, 6.07) is 9.94. The van der Waals surface area contributed by atoms with Crippen molar-refractivity contribution in [3.63, 3.8) is 0 Å². The van der Waals surface area contributed by atoms with Gasteiger partial charge in [0.15, 0.2) is 11.5 Å². The Kier molecular flexibility index (Phi) is 5.58. The SMILES string of the molecule is Fc1cncc(-c2nc(N[C@@H]3CCc4[nH]c5ccccc5c4C3)n3ncc(C#CSI)c3n2)c1. The minimum Gasteiger partial charge on any atom is -0.358 e. The van der Waals surface area contributed by atoms with Crippen LogP contribution in [0.4, 0.5) is 10.3 Å². The van der Waals surface area contributed by atoms with Gasteiger partial charge in [-0.15, -0.1) is 0 Å². The fourth-order valence-electron chi connectivity index (χ4n) is 4.47. The average Bonchev–Trinajstić information content (AvgIpc) is 3.44. The van der Waals surface area contributed by atoms with Gasteiger partial charge >= 0.3 is 0 Å². The van der Waals surface area contributed by atoms with E-state index in [1.165, 1.54) is 37.2 Å². The second kappa shape index (κ2) is 8.88. The van der Waals surface area contributed by atoms with Gasteiger partial charge in [-0.2, -0.15) is 14.6 Å². The Hall–Kier alpha value is -3.17. The van der Waals surface area contributed by atoms with E-state index < -0.39 is 5.82 Å². The van der Waals surface area contributed by atoms with Crippen molar-refractivity contribution in [1.29, 1.82) is 0 Å². The third-order valence-corrected chi connectivity index (χ3v) is 6.82. The lowest BCUT2D eigenvalue weighted by atomic mass is 9.91. The Labute approximate surface area is 210 Å². The number of anilines is 1. The maximum atomic E-state index is 13.9. The molecule has 0 unspecified atom stereocenters. The van der Waals surface area contributed by atoms with E-state index in [0.717, 1.165) is 25.5 Å². The van der Waals surface area contributed by atoms with Crippen LogP contribution >= 0.6 is 30.1 Å². The molecule has 0 aliphatic heterocycles. The summed E-state index contributed by atoms with van der Waals surface area (Å²) in [7, 11) is 1.39. The van der Waals surface area contributed by atoms with Gasteiger partial charge in [-0.3, -0.25) is 4.98 Å². The second-order valence-electron chi connectivity index (χ2n) is 8.07. The molecule has 4 aromatic heterocycles. The Bertz CT molecular complexity index is 1600. The summed E-state index contributed by atoms with van der Waals surface area (Å²) in [5.74, 6) is 3.56. The van der Waals surface area contributed by atoms with Gasteiger partial charge in [-0.25, -0.2) is 9.37 Å². The van der Waals surface area contributed by atoms with Gasteiger partial charge in [0, 0.05) is 55.6 Å². The van der Waals surface area contributed by atoms with Gasteiger partial charge in [0.2, 0.25) is 5.95 Å². The predicted molar refractivity (Wildman–Crippen MR) is 140 cm³/mol. The molecule has 0 amide bonds. The molecule has 1 aliphatic rings. The highest BCUT2D eigenvalue weighted by atomic mass is 127. The number of nitrogens with one attached hydrogen (secondary N) is 2. The summed E-state index contributed by atoms with van der Waals surface area (Å²) in [5.41, 5.74) is 5.55. The van der Waals surface area contributed by atoms with Crippen LogP contribution in [0.3, 0.4) is 0 Å². The van der Waals surface area contributed by atoms with E-state index in [1.807, 2.05) is 0 Å². The van der Waals surface area contributed by atoms with Crippen LogP contribution in [-0.2, 0) is 12.8 Å². The van der Waals surface area contributed by atoms with Crippen molar-refractivity contribution >= 4 is 52.6 Å². The van der Waals surface area contributed by atoms with E-state index >= 15 is 0 Å². The highest BCUT2D eigenvalue weighted by molar-refractivity contribution is 14.2. The van der Waals surface area contributed by atoms with E-state index in [2.05, 4.69) is 82.0 Å². The van der Waals surface area contributed by atoms with Crippen molar-refractivity contribution in [3.05, 3.63) is 71.6 Å². The standard InChI is InChI=1S/C24H17FIN7S/c25-16-9-15(11-27-13-16)22-31-23-14(7-8-34-26)12-28-33(23)24(32-22)29-17-5-6-21-19(10-17)18-3-1-2-4-20(18)30-21/h1-4,9,11-13,17,30H,5-6,10H2,(H,29,31,32)/t17-/m1/s1. The van der Waals surface area contributed by atoms with Crippen LogP contribution in [-0.4, -0.2) is 35.6 Å². The van der Waals surface area contributed by atoms with Gasteiger partial charge in [0.25, 0.3) is 0 Å². The molecule has 0 radical (unpaired) electrons. The summed E-state index contributed by atoms with van der Waals surface area (Å²) in [4.78, 5) is 16.9. The first-order chi connectivity index (χ1) is 16.7. The number of aromatic amines is 1. The number of fused-ring (bicyclic) bond motifs is 4. The van der Waals surface area contributed by atoms with Crippen LogP contribution in [0, 0.1) is 17.0 Å². The number of halogens is 2. The highest BCUT2D eigenvalue weighted by Crippen LogP contribution is 2.30.